The largest absolute Gasteiger partial charge is 0.484 e. The van der Waals surface area contributed by atoms with Gasteiger partial charge in [-0.2, -0.15) is 0 Å². The van der Waals surface area contributed by atoms with Crippen molar-refractivity contribution in [1.82, 2.24) is 5.32 Å². The Kier molecular flexibility index (Phi) is 5.74. The summed E-state index contributed by atoms with van der Waals surface area (Å²) in [6, 6.07) is 16.1. The molecule has 0 unspecified atom stereocenters. The van der Waals surface area contributed by atoms with Gasteiger partial charge in [0.1, 0.15) is 11.9 Å². The summed E-state index contributed by atoms with van der Waals surface area (Å²) in [4.78, 5) is 0.319. The highest BCUT2D eigenvalue weighted by atomic mass is 32.2. The van der Waals surface area contributed by atoms with Crippen molar-refractivity contribution in [2.24, 2.45) is 0 Å². The van der Waals surface area contributed by atoms with Crippen LogP contribution in [-0.4, -0.2) is 26.8 Å². The number of sulfone groups is 1. The number of nitrogens with one attached hydrogen (secondary N) is 1. The Morgan fingerprint density at radius 1 is 0.929 bits per heavy atom. The topological polar surface area (TPSA) is 55.4 Å². The van der Waals surface area contributed by atoms with Crippen molar-refractivity contribution < 1.29 is 13.2 Å². The fraction of sp³-hybridized carbons (Fsp3) is 0.478. The summed E-state index contributed by atoms with van der Waals surface area (Å²) in [5.41, 5.74) is 2.58. The molecule has 0 aromatic heterocycles. The summed E-state index contributed by atoms with van der Waals surface area (Å²) < 4.78 is 29.8. The lowest BCUT2D eigenvalue weighted by Gasteiger charge is -2.27. The second-order valence-corrected chi connectivity index (χ2v) is 10.2. The lowest BCUT2D eigenvalue weighted by Crippen LogP contribution is -2.42. The summed E-state index contributed by atoms with van der Waals surface area (Å²) in [5.74, 6) is 0.710. The molecule has 0 aliphatic heterocycles. The highest BCUT2D eigenvalue weighted by molar-refractivity contribution is 7.90. The minimum atomic E-state index is -3.20. The van der Waals surface area contributed by atoms with Crippen molar-refractivity contribution in [3.63, 3.8) is 0 Å². The number of hydrogen-bond acceptors (Lipinski definition) is 4. The van der Waals surface area contributed by atoms with Crippen LogP contribution in [0.25, 0.3) is 0 Å². The van der Waals surface area contributed by atoms with Gasteiger partial charge < -0.3 is 10.1 Å². The van der Waals surface area contributed by atoms with Crippen LogP contribution in [0.3, 0.4) is 0 Å². The molecule has 4 rings (SSSR count). The average molecular weight is 400 g/mol. The van der Waals surface area contributed by atoms with Crippen LogP contribution in [0.5, 0.6) is 5.75 Å². The number of fused-ring (bicyclic) bond motifs is 1. The van der Waals surface area contributed by atoms with Crippen molar-refractivity contribution in [3.05, 3.63) is 59.7 Å². The van der Waals surface area contributed by atoms with Crippen LogP contribution in [-0.2, 0) is 16.3 Å². The Morgan fingerprint density at radius 2 is 1.61 bits per heavy atom. The molecule has 150 valence electrons. The summed E-state index contributed by atoms with van der Waals surface area (Å²) in [7, 11) is -3.20. The minimum Gasteiger partial charge on any atom is -0.484 e. The van der Waals surface area contributed by atoms with Crippen molar-refractivity contribution in [2.45, 2.75) is 68.0 Å². The highest BCUT2D eigenvalue weighted by Gasteiger charge is 2.35. The molecule has 2 aliphatic carbocycles. The number of ether oxygens (including phenoxy) is 1. The minimum absolute atomic E-state index is 0.0523. The van der Waals surface area contributed by atoms with Gasteiger partial charge in [-0.05, 0) is 54.7 Å². The van der Waals surface area contributed by atoms with Gasteiger partial charge in [0.05, 0.1) is 10.9 Å². The molecule has 0 bridgehead atoms. The zero-order chi connectivity index (χ0) is 19.6. The van der Waals surface area contributed by atoms with Crippen LogP contribution in [0.4, 0.5) is 0 Å². The molecule has 28 heavy (non-hydrogen) atoms. The Labute approximate surface area is 168 Å². The summed E-state index contributed by atoms with van der Waals surface area (Å²) in [6.45, 7) is 0. The van der Waals surface area contributed by atoms with Crippen molar-refractivity contribution in [1.29, 1.82) is 0 Å². The fourth-order valence-corrected chi connectivity index (χ4v) is 5.14. The predicted molar refractivity (Wildman–Crippen MR) is 111 cm³/mol. The third-order valence-corrected chi connectivity index (χ3v) is 7.12. The molecule has 0 amide bonds. The SMILES string of the molecule is CS(=O)(=O)c1ccc(O[C@@H]2c3ccccc3C[C@H]2NC2CCCCCC2)cc1. The standard InChI is InChI=1S/C23H29NO3S/c1-28(25,26)20-14-12-19(13-15-20)27-23-21-11-7-6-8-17(21)16-22(23)24-18-9-4-2-3-5-10-18/h6-8,11-15,18,22-24H,2-5,9-10,16H2,1H3/t22-,23-/m1/s1. The smallest absolute Gasteiger partial charge is 0.175 e. The Morgan fingerprint density at radius 3 is 2.29 bits per heavy atom. The second kappa shape index (κ2) is 8.26. The summed E-state index contributed by atoms with van der Waals surface area (Å²) in [6.07, 6.45) is 9.91. The van der Waals surface area contributed by atoms with E-state index in [1.54, 1.807) is 24.3 Å². The quantitative estimate of drug-likeness (QED) is 0.755. The van der Waals surface area contributed by atoms with Gasteiger partial charge in [0.25, 0.3) is 0 Å². The molecule has 5 heteroatoms. The zero-order valence-corrected chi connectivity index (χ0v) is 17.3. The van der Waals surface area contributed by atoms with Gasteiger partial charge in [-0.1, -0.05) is 49.9 Å². The van der Waals surface area contributed by atoms with Gasteiger partial charge in [-0.25, -0.2) is 8.42 Å². The molecule has 2 aromatic rings. The van der Waals surface area contributed by atoms with Crippen molar-refractivity contribution in [2.75, 3.05) is 6.26 Å². The molecule has 4 nitrogen and oxygen atoms in total. The number of hydrogen-bond donors (Lipinski definition) is 1. The second-order valence-electron chi connectivity index (χ2n) is 8.15. The zero-order valence-electron chi connectivity index (χ0n) is 16.4. The third-order valence-electron chi connectivity index (χ3n) is 5.99. The number of benzene rings is 2. The third kappa shape index (κ3) is 4.41. The van der Waals surface area contributed by atoms with E-state index in [0.717, 1.165) is 6.42 Å². The first-order chi connectivity index (χ1) is 13.5. The van der Waals surface area contributed by atoms with E-state index in [4.69, 9.17) is 4.74 Å². The summed E-state index contributed by atoms with van der Waals surface area (Å²) in [5, 5.41) is 3.89. The van der Waals surface area contributed by atoms with Crippen LogP contribution in [0, 0.1) is 0 Å². The molecule has 2 atom stereocenters. The summed E-state index contributed by atoms with van der Waals surface area (Å²) >= 11 is 0. The van der Waals surface area contributed by atoms with E-state index in [9.17, 15) is 8.42 Å². The van der Waals surface area contributed by atoms with Crippen LogP contribution in [0.2, 0.25) is 0 Å². The average Bonchev–Trinajstić information content (AvgIpc) is 2.83. The molecule has 0 heterocycles. The molecule has 2 aromatic carbocycles. The monoisotopic (exact) mass is 399 g/mol. The van der Waals surface area contributed by atoms with Crippen LogP contribution in [0.15, 0.2) is 53.4 Å². The molecule has 1 saturated carbocycles. The molecular formula is C23H29NO3S. The van der Waals surface area contributed by atoms with Gasteiger partial charge >= 0.3 is 0 Å². The maximum Gasteiger partial charge on any atom is 0.175 e. The van der Waals surface area contributed by atoms with Gasteiger partial charge in [0.15, 0.2) is 9.84 Å². The molecule has 1 fully saturated rings. The molecule has 0 radical (unpaired) electrons. The van der Waals surface area contributed by atoms with E-state index < -0.39 is 9.84 Å². The Bertz CT molecular complexity index is 900. The van der Waals surface area contributed by atoms with Gasteiger partial charge in [0, 0.05) is 12.3 Å². The molecular weight excluding hydrogens is 370 g/mol. The van der Waals surface area contributed by atoms with Crippen molar-refractivity contribution in [3.8, 4) is 5.75 Å². The van der Waals surface area contributed by atoms with E-state index in [1.165, 1.54) is 55.9 Å². The maximum atomic E-state index is 11.7. The lowest BCUT2D eigenvalue weighted by atomic mass is 10.1. The van der Waals surface area contributed by atoms with Crippen LogP contribution < -0.4 is 10.1 Å². The fourth-order valence-electron chi connectivity index (χ4n) is 4.51. The van der Waals surface area contributed by atoms with Crippen LogP contribution >= 0.6 is 0 Å². The molecule has 1 N–H and O–H groups in total. The first-order valence-electron chi connectivity index (χ1n) is 10.3. The van der Waals surface area contributed by atoms with E-state index in [1.807, 2.05) is 0 Å². The maximum absolute atomic E-state index is 11.7. The molecule has 0 saturated heterocycles. The first kappa shape index (κ1) is 19.5. The predicted octanol–water partition coefficient (Wildman–Crippen LogP) is 4.45. The van der Waals surface area contributed by atoms with E-state index in [-0.39, 0.29) is 12.1 Å². The number of rotatable bonds is 5. The van der Waals surface area contributed by atoms with E-state index in [2.05, 4.69) is 29.6 Å². The van der Waals surface area contributed by atoms with Gasteiger partial charge in [-0.15, -0.1) is 0 Å². The Hall–Kier alpha value is -1.85. The van der Waals surface area contributed by atoms with Crippen molar-refractivity contribution >= 4 is 9.84 Å². The normalized spacial score (nSPS) is 23.2. The van der Waals surface area contributed by atoms with Gasteiger partial charge in [-0.3, -0.25) is 0 Å². The molecule has 0 spiro atoms. The van der Waals surface area contributed by atoms with E-state index in [0.29, 0.717) is 16.7 Å². The van der Waals surface area contributed by atoms with Crippen LogP contribution in [0.1, 0.15) is 55.8 Å². The van der Waals surface area contributed by atoms with E-state index >= 15 is 0 Å². The molecule has 2 aliphatic rings. The first-order valence-corrected chi connectivity index (χ1v) is 12.2. The lowest BCUT2D eigenvalue weighted by molar-refractivity contribution is 0.157. The highest BCUT2D eigenvalue weighted by Crippen LogP contribution is 2.36. The Balaban J connectivity index is 1.54. The van der Waals surface area contributed by atoms with Gasteiger partial charge in [0.2, 0.25) is 0 Å².